The Labute approximate surface area is 152 Å². The molecule has 3 aromatic rings. The summed E-state index contributed by atoms with van der Waals surface area (Å²) in [6.45, 7) is 0.0565. The number of imidazole rings is 1. The Morgan fingerprint density at radius 1 is 1.08 bits per heavy atom. The van der Waals surface area contributed by atoms with E-state index in [9.17, 15) is 21.6 Å². The SMILES string of the molecule is O=S(=O)(NCCc1cn2cc(C(F)(F)F)ccc2n1)c1ccc(Cl)cc1. The molecular formula is C16H13ClF3N3O2S. The van der Waals surface area contributed by atoms with Gasteiger partial charge in [-0.2, -0.15) is 13.2 Å². The van der Waals surface area contributed by atoms with Crippen LogP contribution < -0.4 is 4.72 Å². The molecule has 0 fully saturated rings. The van der Waals surface area contributed by atoms with Gasteiger partial charge in [-0.15, -0.1) is 0 Å². The quantitative estimate of drug-likeness (QED) is 0.709. The van der Waals surface area contributed by atoms with Crippen LogP contribution in [-0.2, 0) is 22.6 Å². The molecule has 0 spiro atoms. The molecule has 5 nitrogen and oxygen atoms in total. The second kappa shape index (κ2) is 6.90. The van der Waals surface area contributed by atoms with Crippen LogP contribution in [0.4, 0.5) is 13.2 Å². The Hall–Kier alpha value is -2.10. The predicted molar refractivity (Wildman–Crippen MR) is 90.5 cm³/mol. The van der Waals surface area contributed by atoms with Crippen molar-refractivity contribution in [2.75, 3.05) is 6.54 Å². The molecule has 2 aromatic heterocycles. The van der Waals surface area contributed by atoms with Crippen LogP contribution in [0.25, 0.3) is 5.65 Å². The van der Waals surface area contributed by atoms with E-state index in [-0.39, 0.29) is 17.9 Å². The molecule has 0 radical (unpaired) electrons. The van der Waals surface area contributed by atoms with Gasteiger partial charge in [-0.1, -0.05) is 11.6 Å². The molecule has 0 aliphatic rings. The monoisotopic (exact) mass is 403 g/mol. The summed E-state index contributed by atoms with van der Waals surface area (Å²) in [5.74, 6) is 0. The molecule has 0 unspecified atom stereocenters. The minimum atomic E-state index is -4.44. The highest BCUT2D eigenvalue weighted by atomic mass is 35.5. The molecule has 0 atom stereocenters. The molecule has 0 saturated heterocycles. The summed E-state index contributed by atoms with van der Waals surface area (Å²) >= 11 is 5.73. The zero-order chi connectivity index (χ0) is 18.9. The fraction of sp³-hybridized carbons (Fsp3) is 0.188. The normalized spacial score (nSPS) is 12.6. The zero-order valence-corrected chi connectivity index (χ0v) is 14.7. The van der Waals surface area contributed by atoms with Crippen LogP contribution in [0.1, 0.15) is 11.3 Å². The van der Waals surface area contributed by atoms with E-state index in [0.717, 1.165) is 12.3 Å². The fourth-order valence-corrected chi connectivity index (χ4v) is 3.50. The van der Waals surface area contributed by atoms with Crippen molar-refractivity contribution in [1.29, 1.82) is 0 Å². The molecule has 1 N–H and O–H groups in total. The summed E-state index contributed by atoms with van der Waals surface area (Å²) < 4.78 is 66.2. The summed E-state index contributed by atoms with van der Waals surface area (Å²) in [6, 6.07) is 7.93. The van der Waals surface area contributed by atoms with Crippen molar-refractivity contribution in [3.63, 3.8) is 0 Å². The third-order valence-corrected chi connectivity index (χ3v) is 5.35. The summed E-state index contributed by atoms with van der Waals surface area (Å²) in [5, 5.41) is 0.423. The molecule has 0 aliphatic heterocycles. The van der Waals surface area contributed by atoms with Crippen LogP contribution in [-0.4, -0.2) is 24.3 Å². The zero-order valence-electron chi connectivity index (χ0n) is 13.2. The van der Waals surface area contributed by atoms with Crippen molar-refractivity contribution in [2.24, 2.45) is 0 Å². The molecule has 138 valence electrons. The molecule has 3 rings (SSSR count). The molecule has 1 aromatic carbocycles. The summed E-state index contributed by atoms with van der Waals surface area (Å²) in [7, 11) is -3.70. The maximum absolute atomic E-state index is 12.7. The number of fused-ring (bicyclic) bond motifs is 1. The number of rotatable bonds is 5. The van der Waals surface area contributed by atoms with Gasteiger partial charge in [-0.05, 0) is 36.4 Å². The summed E-state index contributed by atoms with van der Waals surface area (Å²) in [6.07, 6.45) is -1.81. The highest BCUT2D eigenvalue weighted by Crippen LogP contribution is 2.29. The molecule has 26 heavy (non-hydrogen) atoms. The number of pyridine rings is 1. The number of benzene rings is 1. The third kappa shape index (κ3) is 4.17. The van der Waals surface area contributed by atoms with E-state index >= 15 is 0 Å². The number of aromatic nitrogens is 2. The average molecular weight is 404 g/mol. The second-order valence-corrected chi connectivity index (χ2v) is 7.72. The Kier molecular flexibility index (Phi) is 4.96. The van der Waals surface area contributed by atoms with Gasteiger partial charge in [0.25, 0.3) is 0 Å². The Morgan fingerprint density at radius 3 is 2.42 bits per heavy atom. The first-order valence-electron chi connectivity index (χ1n) is 7.45. The highest BCUT2D eigenvalue weighted by Gasteiger charge is 2.30. The topological polar surface area (TPSA) is 63.5 Å². The van der Waals surface area contributed by atoms with Gasteiger partial charge in [0, 0.05) is 30.4 Å². The maximum atomic E-state index is 12.7. The lowest BCUT2D eigenvalue weighted by molar-refractivity contribution is -0.137. The number of hydrogen-bond donors (Lipinski definition) is 1. The molecule has 10 heteroatoms. The minimum Gasteiger partial charge on any atom is -0.306 e. The number of halogens is 4. The van der Waals surface area contributed by atoms with Crippen LogP contribution >= 0.6 is 11.6 Å². The smallest absolute Gasteiger partial charge is 0.306 e. The first-order chi connectivity index (χ1) is 12.1. The lowest BCUT2D eigenvalue weighted by atomic mass is 10.3. The molecule has 2 heterocycles. The molecular weight excluding hydrogens is 391 g/mol. The lowest BCUT2D eigenvalue weighted by Gasteiger charge is -2.06. The van der Waals surface area contributed by atoms with E-state index in [1.165, 1.54) is 40.9 Å². The van der Waals surface area contributed by atoms with Gasteiger partial charge in [0.15, 0.2) is 0 Å². The van der Waals surface area contributed by atoms with E-state index in [4.69, 9.17) is 11.6 Å². The predicted octanol–water partition coefficient (Wildman–Crippen LogP) is 3.53. The maximum Gasteiger partial charge on any atom is 0.417 e. The van der Waals surface area contributed by atoms with Crippen LogP contribution in [0.2, 0.25) is 5.02 Å². The Balaban J connectivity index is 1.69. The second-order valence-electron chi connectivity index (χ2n) is 5.51. The largest absolute Gasteiger partial charge is 0.417 e. The molecule has 0 bridgehead atoms. The van der Waals surface area contributed by atoms with Crippen molar-refractivity contribution in [3.8, 4) is 0 Å². The van der Waals surface area contributed by atoms with Crippen molar-refractivity contribution in [2.45, 2.75) is 17.5 Å². The van der Waals surface area contributed by atoms with Crippen molar-refractivity contribution in [1.82, 2.24) is 14.1 Å². The van der Waals surface area contributed by atoms with E-state index < -0.39 is 21.8 Å². The van der Waals surface area contributed by atoms with Crippen molar-refractivity contribution >= 4 is 27.3 Å². The van der Waals surface area contributed by atoms with E-state index in [1.54, 1.807) is 0 Å². The van der Waals surface area contributed by atoms with Crippen LogP contribution in [0.5, 0.6) is 0 Å². The fourth-order valence-electron chi connectivity index (χ4n) is 2.34. The van der Waals surface area contributed by atoms with E-state index in [1.807, 2.05) is 0 Å². The van der Waals surface area contributed by atoms with Crippen LogP contribution in [0.3, 0.4) is 0 Å². The van der Waals surface area contributed by atoms with E-state index in [0.29, 0.717) is 16.4 Å². The number of alkyl halides is 3. The van der Waals surface area contributed by atoms with Gasteiger partial charge < -0.3 is 4.40 Å². The first-order valence-corrected chi connectivity index (χ1v) is 9.31. The molecule has 0 saturated carbocycles. The highest BCUT2D eigenvalue weighted by molar-refractivity contribution is 7.89. The van der Waals surface area contributed by atoms with Crippen LogP contribution in [0.15, 0.2) is 53.7 Å². The standard InChI is InChI=1S/C16H13ClF3N3O2S/c17-12-2-4-14(5-3-12)26(24,25)21-8-7-13-10-23-9-11(16(18,19)20)1-6-15(23)22-13/h1-6,9-10,21H,7-8H2. The van der Waals surface area contributed by atoms with Gasteiger partial charge in [-0.25, -0.2) is 18.1 Å². The minimum absolute atomic E-state index is 0.0565. The first kappa shape index (κ1) is 18.7. The van der Waals surface area contributed by atoms with Gasteiger partial charge in [0.05, 0.1) is 16.2 Å². The van der Waals surface area contributed by atoms with Gasteiger partial charge in [0.2, 0.25) is 10.0 Å². The number of nitrogens with zero attached hydrogens (tertiary/aromatic N) is 2. The molecule has 0 amide bonds. The van der Waals surface area contributed by atoms with Crippen molar-refractivity contribution < 1.29 is 21.6 Å². The van der Waals surface area contributed by atoms with Gasteiger partial charge >= 0.3 is 6.18 Å². The van der Waals surface area contributed by atoms with Gasteiger partial charge in [0.1, 0.15) is 5.65 Å². The Morgan fingerprint density at radius 2 is 1.77 bits per heavy atom. The summed E-state index contributed by atoms with van der Waals surface area (Å²) in [4.78, 5) is 4.26. The number of nitrogens with one attached hydrogen (secondary N) is 1. The lowest BCUT2D eigenvalue weighted by Crippen LogP contribution is -2.26. The van der Waals surface area contributed by atoms with Crippen molar-refractivity contribution in [3.05, 3.63) is 65.1 Å². The Bertz CT molecular complexity index is 1030. The number of sulfonamides is 1. The van der Waals surface area contributed by atoms with E-state index in [2.05, 4.69) is 9.71 Å². The number of hydrogen-bond acceptors (Lipinski definition) is 3. The third-order valence-electron chi connectivity index (χ3n) is 3.63. The average Bonchev–Trinajstić information content (AvgIpc) is 2.96. The van der Waals surface area contributed by atoms with Gasteiger partial charge in [-0.3, -0.25) is 0 Å². The van der Waals surface area contributed by atoms with Crippen LogP contribution in [0, 0.1) is 0 Å². The summed E-state index contributed by atoms with van der Waals surface area (Å²) in [5.41, 5.74) is 0.0501. The molecule has 0 aliphatic carbocycles.